The Balaban J connectivity index is 1.53. The Morgan fingerprint density at radius 1 is 0.821 bits per heavy atom. The molecule has 4 heteroatoms. The van der Waals surface area contributed by atoms with Crippen LogP contribution in [0.1, 0.15) is 46.1 Å². The predicted octanol–water partition coefficient (Wildman–Crippen LogP) is 3.85. The molecule has 0 fully saturated rings. The normalized spacial score (nSPS) is 16.3. The van der Waals surface area contributed by atoms with Crippen molar-refractivity contribution in [1.29, 1.82) is 0 Å². The van der Waals surface area contributed by atoms with Gasteiger partial charge >= 0.3 is 0 Å². The van der Waals surface area contributed by atoms with Crippen LogP contribution in [0, 0.1) is 0 Å². The third-order valence-electron chi connectivity index (χ3n) is 5.47. The van der Waals surface area contributed by atoms with E-state index >= 15 is 0 Å². The first-order chi connectivity index (χ1) is 13.6. The number of aliphatic hydroxyl groups excluding tert-OH is 1. The van der Waals surface area contributed by atoms with Crippen molar-refractivity contribution in [3.05, 3.63) is 107 Å². The topological polar surface area (TPSA) is 60.8 Å². The van der Waals surface area contributed by atoms with Gasteiger partial charge in [0, 0.05) is 17.7 Å². The molecule has 28 heavy (non-hydrogen) atoms. The van der Waals surface area contributed by atoms with Gasteiger partial charge in [-0.3, -0.25) is 4.79 Å². The maximum Gasteiger partial charge on any atom is 0.256 e. The summed E-state index contributed by atoms with van der Waals surface area (Å²) in [6, 6.07) is 26.3. The quantitative estimate of drug-likeness (QED) is 0.690. The smallest absolute Gasteiger partial charge is 0.256 e. The number of hydrogen-bond donors (Lipinski definition) is 2. The molecule has 0 unspecified atom stereocenters. The molecule has 0 aliphatic carbocycles. The van der Waals surface area contributed by atoms with Crippen LogP contribution in [-0.4, -0.2) is 27.6 Å². The fraction of sp³-hybridized carbons (Fsp3) is 0.208. The molecule has 1 heterocycles. The third-order valence-corrected chi connectivity index (χ3v) is 5.47. The molecule has 4 rings (SSSR count). The molecule has 4 nitrogen and oxygen atoms in total. The van der Waals surface area contributed by atoms with E-state index in [1.54, 1.807) is 18.2 Å². The SMILES string of the molecule is O=C1c2ccccc2[C@H](O)N1CCCC(O)(c1ccccc1)c1ccccc1. The molecule has 0 saturated carbocycles. The molecule has 1 atom stereocenters. The van der Waals surface area contributed by atoms with E-state index in [4.69, 9.17) is 0 Å². The van der Waals surface area contributed by atoms with Crippen molar-refractivity contribution < 1.29 is 15.0 Å². The second kappa shape index (κ2) is 7.58. The Morgan fingerprint density at radius 2 is 1.36 bits per heavy atom. The summed E-state index contributed by atoms with van der Waals surface area (Å²) in [6.45, 7) is 0.372. The monoisotopic (exact) mass is 373 g/mol. The number of rotatable bonds is 6. The Kier molecular flexibility index (Phi) is 4.99. The number of benzene rings is 3. The van der Waals surface area contributed by atoms with Crippen LogP contribution in [0.2, 0.25) is 0 Å². The van der Waals surface area contributed by atoms with E-state index in [1.165, 1.54) is 4.90 Å². The average molecular weight is 373 g/mol. The molecular weight excluding hydrogens is 350 g/mol. The van der Waals surface area contributed by atoms with Crippen LogP contribution in [-0.2, 0) is 5.60 Å². The van der Waals surface area contributed by atoms with Crippen molar-refractivity contribution >= 4 is 5.91 Å². The average Bonchev–Trinajstić information content (AvgIpc) is 3.00. The fourth-order valence-corrected chi connectivity index (χ4v) is 3.96. The minimum absolute atomic E-state index is 0.161. The van der Waals surface area contributed by atoms with Gasteiger partial charge in [0.15, 0.2) is 6.23 Å². The van der Waals surface area contributed by atoms with Crippen LogP contribution in [0.4, 0.5) is 0 Å². The maximum absolute atomic E-state index is 12.6. The van der Waals surface area contributed by atoms with E-state index in [0.717, 1.165) is 11.1 Å². The van der Waals surface area contributed by atoms with Gasteiger partial charge in [0.1, 0.15) is 5.60 Å². The van der Waals surface area contributed by atoms with Crippen LogP contribution in [0.5, 0.6) is 0 Å². The van der Waals surface area contributed by atoms with Gasteiger partial charge in [0.2, 0.25) is 0 Å². The molecule has 0 saturated heterocycles. The molecular formula is C24H23NO3. The van der Waals surface area contributed by atoms with Gasteiger partial charge in [0.05, 0.1) is 0 Å². The highest BCUT2D eigenvalue weighted by Gasteiger charge is 2.36. The van der Waals surface area contributed by atoms with Gasteiger partial charge < -0.3 is 15.1 Å². The number of amides is 1. The van der Waals surface area contributed by atoms with E-state index in [0.29, 0.717) is 30.5 Å². The first-order valence-corrected chi connectivity index (χ1v) is 9.52. The van der Waals surface area contributed by atoms with E-state index < -0.39 is 11.8 Å². The van der Waals surface area contributed by atoms with Crippen molar-refractivity contribution in [3.8, 4) is 0 Å². The summed E-state index contributed by atoms with van der Waals surface area (Å²) in [5.41, 5.74) is 1.68. The lowest BCUT2D eigenvalue weighted by Gasteiger charge is -2.31. The summed E-state index contributed by atoms with van der Waals surface area (Å²) < 4.78 is 0. The second-order valence-electron chi connectivity index (χ2n) is 7.16. The molecule has 142 valence electrons. The Bertz CT molecular complexity index is 916. The van der Waals surface area contributed by atoms with Gasteiger partial charge in [0.25, 0.3) is 5.91 Å². The van der Waals surface area contributed by atoms with Gasteiger partial charge in [-0.05, 0) is 30.0 Å². The first-order valence-electron chi connectivity index (χ1n) is 9.52. The number of fused-ring (bicyclic) bond motifs is 1. The van der Waals surface area contributed by atoms with Gasteiger partial charge in [-0.25, -0.2) is 0 Å². The highest BCUT2D eigenvalue weighted by Crippen LogP contribution is 2.36. The van der Waals surface area contributed by atoms with Crippen molar-refractivity contribution in [3.63, 3.8) is 0 Å². The van der Waals surface area contributed by atoms with Gasteiger partial charge in [-0.15, -0.1) is 0 Å². The zero-order valence-corrected chi connectivity index (χ0v) is 15.5. The van der Waals surface area contributed by atoms with Crippen LogP contribution < -0.4 is 0 Å². The van der Waals surface area contributed by atoms with Crippen molar-refractivity contribution in [2.45, 2.75) is 24.7 Å². The number of hydrogen-bond acceptors (Lipinski definition) is 3. The molecule has 0 bridgehead atoms. The number of carbonyl (C=O) groups excluding carboxylic acids is 1. The molecule has 3 aromatic carbocycles. The second-order valence-corrected chi connectivity index (χ2v) is 7.16. The highest BCUT2D eigenvalue weighted by atomic mass is 16.3. The minimum atomic E-state index is -1.15. The van der Waals surface area contributed by atoms with E-state index in [2.05, 4.69) is 0 Å². The lowest BCUT2D eigenvalue weighted by Crippen LogP contribution is -2.32. The summed E-state index contributed by atoms with van der Waals surface area (Å²) in [4.78, 5) is 14.1. The Hall–Kier alpha value is -2.95. The third kappa shape index (κ3) is 3.21. The van der Waals surface area contributed by atoms with Crippen molar-refractivity contribution in [2.75, 3.05) is 6.54 Å². The number of nitrogens with zero attached hydrogens (tertiary/aromatic N) is 1. The molecule has 0 spiro atoms. The Morgan fingerprint density at radius 3 is 1.93 bits per heavy atom. The Labute approximate surface area is 164 Å². The predicted molar refractivity (Wildman–Crippen MR) is 108 cm³/mol. The number of aliphatic hydroxyl groups is 2. The van der Waals surface area contributed by atoms with E-state index in [9.17, 15) is 15.0 Å². The van der Waals surface area contributed by atoms with Crippen LogP contribution in [0.3, 0.4) is 0 Å². The molecule has 1 aliphatic rings. The molecule has 0 aromatic heterocycles. The zero-order chi connectivity index (χ0) is 19.6. The van der Waals surface area contributed by atoms with E-state index in [-0.39, 0.29) is 5.91 Å². The molecule has 2 N–H and O–H groups in total. The maximum atomic E-state index is 12.6. The fourth-order valence-electron chi connectivity index (χ4n) is 3.96. The standard InChI is InChI=1S/C24H23NO3/c26-22-20-14-7-8-15-21(20)23(27)25(22)17-9-16-24(28,18-10-3-1-4-11-18)19-12-5-2-6-13-19/h1-8,10-15,22,26,28H,9,16-17H2/t22-/m0/s1. The summed E-state index contributed by atoms with van der Waals surface area (Å²) in [6.07, 6.45) is 0.0653. The lowest BCUT2D eigenvalue weighted by atomic mass is 9.82. The van der Waals surface area contributed by atoms with E-state index in [1.807, 2.05) is 66.7 Å². The van der Waals surface area contributed by atoms with Gasteiger partial charge in [-0.1, -0.05) is 78.9 Å². The highest BCUT2D eigenvalue weighted by molar-refractivity contribution is 5.98. The van der Waals surface area contributed by atoms with Crippen LogP contribution in [0.25, 0.3) is 0 Å². The molecule has 0 radical (unpaired) electrons. The first kappa shape index (κ1) is 18.4. The molecule has 3 aromatic rings. The van der Waals surface area contributed by atoms with Crippen LogP contribution in [0.15, 0.2) is 84.9 Å². The molecule has 1 aliphatic heterocycles. The van der Waals surface area contributed by atoms with Crippen molar-refractivity contribution in [2.24, 2.45) is 0 Å². The summed E-state index contributed by atoms with van der Waals surface area (Å²) >= 11 is 0. The number of carbonyl (C=O) groups is 1. The zero-order valence-electron chi connectivity index (χ0n) is 15.5. The summed E-state index contributed by atoms with van der Waals surface area (Å²) in [5, 5.41) is 22.1. The van der Waals surface area contributed by atoms with Gasteiger partial charge in [-0.2, -0.15) is 0 Å². The summed E-state index contributed by atoms with van der Waals surface area (Å²) in [7, 11) is 0. The largest absolute Gasteiger partial charge is 0.380 e. The molecule has 1 amide bonds. The van der Waals surface area contributed by atoms with Crippen molar-refractivity contribution in [1.82, 2.24) is 4.90 Å². The van der Waals surface area contributed by atoms with Crippen LogP contribution >= 0.6 is 0 Å². The minimum Gasteiger partial charge on any atom is -0.380 e. The lowest BCUT2D eigenvalue weighted by molar-refractivity contribution is 0.0109. The summed E-state index contributed by atoms with van der Waals surface area (Å²) in [5.74, 6) is -0.161.